The first-order chi connectivity index (χ1) is 9.23. The van der Waals surface area contributed by atoms with Crippen molar-refractivity contribution in [2.75, 3.05) is 5.32 Å². The van der Waals surface area contributed by atoms with Crippen LogP contribution in [0.2, 0.25) is 0 Å². The minimum atomic E-state index is -0.847. The van der Waals surface area contributed by atoms with E-state index < -0.39 is 5.97 Å². The zero-order valence-corrected chi connectivity index (χ0v) is 13.5. The van der Waals surface area contributed by atoms with Gasteiger partial charge >= 0.3 is 5.97 Å². The Hall–Kier alpha value is -1.54. The molecule has 1 unspecified atom stereocenters. The molecule has 0 spiro atoms. The number of halogens is 1. The summed E-state index contributed by atoms with van der Waals surface area (Å²) in [5.41, 5.74) is 1.17. The van der Waals surface area contributed by atoms with Crippen molar-refractivity contribution in [3.8, 4) is 6.07 Å². The third-order valence-electron chi connectivity index (χ3n) is 2.76. The van der Waals surface area contributed by atoms with E-state index in [-0.39, 0.29) is 17.9 Å². The van der Waals surface area contributed by atoms with Gasteiger partial charge < -0.3 is 10.4 Å². The Morgan fingerprint density at radius 1 is 1.50 bits per heavy atom. The van der Waals surface area contributed by atoms with E-state index in [9.17, 15) is 10.1 Å². The molecule has 0 saturated heterocycles. The molecule has 1 aromatic rings. The van der Waals surface area contributed by atoms with Gasteiger partial charge in [0, 0.05) is 10.5 Å². The Morgan fingerprint density at radius 2 is 2.15 bits per heavy atom. The Labute approximate surface area is 127 Å². The predicted molar refractivity (Wildman–Crippen MR) is 82.6 cm³/mol. The van der Waals surface area contributed by atoms with Crippen LogP contribution in [0.25, 0.3) is 0 Å². The Kier molecular flexibility index (Phi) is 5.58. The molecule has 0 aliphatic carbocycles. The Balaban J connectivity index is 2.98. The first kappa shape index (κ1) is 16.5. The lowest BCUT2D eigenvalue weighted by Gasteiger charge is -2.27. The van der Waals surface area contributed by atoms with Crippen LogP contribution < -0.4 is 5.32 Å². The summed E-state index contributed by atoms with van der Waals surface area (Å²) in [5.74, 6) is -0.847. The number of anilines is 1. The molecule has 1 aromatic carbocycles. The minimum Gasteiger partial charge on any atom is -0.481 e. The molecule has 0 heterocycles. The normalized spacial score (nSPS) is 12.6. The monoisotopic (exact) mass is 338 g/mol. The maximum atomic E-state index is 11.0. The first-order valence-corrected chi connectivity index (χ1v) is 7.19. The van der Waals surface area contributed by atoms with Crippen LogP contribution in [0.3, 0.4) is 0 Å². The van der Waals surface area contributed by atoms with Gasteiger partial charge in [-0.15, -0.1) is 0 Å². The van der Waals surface area contributed by atoms with E-state index in [0.29, 0.717) is 22.1 Å². The van der Waals surface area contributed by atoms with Crippen LogP contribution in [-0.2, 0) is 4.79 Å². The molecule has 0 saturated carbocycles. The summed E-state index contributed by atoms with van der Waals surface area (Å²) in [5, 5.41) is 21.4. The smallest absolute Gasteiger partial charge is 0.305 e. The largest absolute Gasteiger partial charge is 0.481 e. The summed E-state index contributed by atoms with van der Waals surface area (Å²) < 4.78 is 0.704. The van der Waals surface area contributed by atoms with Crippen molar-refractivity contribution in [2.45, 2.75) is 39.7 Å². The van der Waals surface area contributed by atoms with E-state index in [1.807, 2.05) is 6.07 Å². The predicted octanol–water partition coefficient (Wildman–Crippen LogP) is 4.01. The maximum absolute atomic E-state index is 11.0. The van der Waals surface area contributed by atoms with Crippen LogP contribution in [0.1, 0.15) is 39.2 Å². The molecule has 5 heteroatoms. The molecule has 0 radical (unpaired) electrons. The number of hydrogen-bond acceptors (Lipinski definition) is 3. The van der Waals surface area contributed by atoms with Crippen molar-refractivity contribution in [1.29, 1.82) is 5.26 Å². The quantitative estimate of drug-likeness (QED) is 0.850. The van der Waals surface area contributed by atoms with Gasteiger partial charge in [0.25, 0.3) is 0 Å². The highest BCUT2D eigenvalue weighted by Gasteiger charge is 2.22. The lowest BCUT2D eigenvalue weighted by molar-refractivity contribution is -0.137. The molecule has 20 heavy (non-hydrogen) atoms. The van der Waals surface area contributed by atoms with Crippen molar-refractivity contribution < 1.29 is 9.90 Å². The van der Waals surface area contributed by atoms with Crippen molar-refractivity contribution in [2.24, 2.45) is 5.41 Å². The van der Waals surface area contributed by atoms with Crippen molar-refractivity contribution in [3.63, 3.8) is 0 Å². The number of benzene rings is 1. The number of aliphatic carboxylic acids is 1. The van der Waals surface area contributed by atoms with Crippen molar-refractivity contribution >= 4 is 27.6 Å². The molecule has 0 aromatic heterocycles. The Bertz CT molecular complexity index is 530. The summed E-state index contributed by atoms with van der Waals surface area (Å²) >= 11 is 3.33. The highest BCUT2D eigenvalue weighted by molar-refractivity contribution is 9.10. The van der Waals surface area contributed by atoms with E-state index in [4.69, 9.17) is 5.11 Å². The van der Waals surface area contributed by atoms with Crippen LogP contribution in [0.5, 0.6) is 0 Å². The molecule has 1 atom stereocenters. The van der Waals surface area contributed by atoms with E-state index in [1.54, 1.807) is 12.1 Å². The maximum Gasteiger partial charge on any atom is 0.305 e. The fraction of sp³-hybridized carbons (Fsp3) is 0.467. The van der Waals surface area contributed by atoms with Gasteiger partial charge in [-0.3, -0.25) is 4.79 Å². The van der Waals surface area contributed by atoms with Crippen LogP contribution in [0.15, 0.2) is 22.7 Å². The molecule has 0 amide bonds. The highest BCUT2D eigenvalue weighted by Crippen LogP contribution is 2.28. The standard InChI is InChI=1S/C15H19BrN2O2/c1-15(2,3)8-10(7-14(19)20)18-13-6-4-5-12(16)11(13)9-17/h4-6,10,18H,7-8H2,1-3H3,(H,19,20). The fourth-order valence-corrected chi connectivity index (χ4v) is 2.56. The second kappa shape index (κ2) is 6.76. The van der Waals surface area contributed by atoms with Crippen LogP contribution in [0.4, 0.5) is 5.69 Å². The molecule has 4 nitrogen and oxygen atoms in total. The lowest BCUT2D eigenvalue weighted by Crippen LogP contribution is -2.28. The second-order valence-electron chi connectivity index (χ2n) is 5.98. The van der Waals surface area contributed by atoms with Gasteiger partial charge in [-0.1, -0.05) is 26.8 Å². The molecule has 0 aliphatic heterocycles. The average molecular weight is 339 g/mol. The first-order valence-electron chi connectivity index (χ1n) is 6.40. The molecule has 0 bridgehead atoms. The molecular formula is C15H19BrN2O2. The van der Waals surface area contributed by atoms with E-state index in [2.05, 4.69) is 48.1 Å². The summed E-state index contributed by atoms with van der Waals surface area (Å²) in [6, 6.07) is 7.32. The van der Waals surface area contributed by atoms with Crippen LogP contribution >= 0.6 is 15.9 Å². The van der Waals surface area contributed by atoms with E-state index >= 15 is 0 Å². The number of carboxylic acid groups (broad SMARTS) is 1. The number of nitrogens with zero attached hydrogens (tertiary/aromatic N) is 1. The van der Waals surface area contributed by atoms with Gasteiger partial charge in [0.15, 0.2) is 0 Å². The van der Waals surface area contributed by atoms with Gasteiger partial charge in [0.1, 0.15) is 6.07 Å². The molecular weight excluding hydrogens is 320 g/mol. The van der Waals surface area contributed by atoms with Gasteiger partial charge in [-0.25, -0.2) is 0 Å². The topological polar surface area (TPSA) is 73.1 Å². The van der Waals surface area contributed by atoms with Crippen molar-refractivity contribution in [1.82, 2.24) is 0 Å². The number of carbonyl (C=O) groups is 1. The third kappa shape index (κ3) is 5.22. The molecule has 1 rings (SSSR count). The minimum absolute atomic E-state index is 0.00589. The zero-order valence-electron chi connectivity index (χ0n) is 11.9. The number of carboxylic acids is 1. The molecule has 0 aliphatic rings. The van der Waals surface area contributed by atoms with Crippen molar-refractivity contribution in [3.05, 3.63) is 28.2 Å². The molecule has 108 valence electrons. The summed E-state index contributed by atoms with van der Waals surface area (Å²) in [4.78, 5) is 11.0. The van der Waals surface area contributed by atoms with Gasteiger partial charge in [0.05, 0.1) is 17.7 Å². The average Bonchev–Trinajstić information content (AvgIpc) is 2.25. The molecule has 2 N–H and O–H groups in total. The fourth-order valence-electron chi connectivity index (χ4n) is 2.10. The lowest BCUT2D eigenvalue weighted by atomic mass is 9.87. The summed E-state index contributed by atoms with van der Waals surface area (Å²) in [6.07, 6.45) is 0.728. The van der Waals surface area contributed by atoms with Gasteiger partial charge in [-0.05, 0) is 39.9 Å². The summed E-state index contributed by atoms with van der Waals surface area (Å²) in [6.45, 7) is 6.20. The number of nitriles is 1. The van der Waals surface area contributed by atoms with E-state index in [1.165, 1.54) is 0 Å². The van der Waals surface area contributed by atoms with E-state index in [0.717, 1.165) is 0 Å². The number of hydrogen-bond donors (Lipinski definition) is 2. The number of rotatable bonds is 5. The van der Waals surface area contributed by atoms with Crippen LogP contribution in [-0.4, -0.2) is 17.1 Å². The summed E-state index contributed by atoms with van der Waals surface area (Å²) in [7, 11) is 0. The Morgan fingerprint density at radius 3 is 2.65 bits per heavy atom. The number of nitrogens with one attached hydrogen (secondary N) is 1. The third-order valence-corrected chi connectivity index (χ3v) is 3.43. The second-order valence-corrected chi connectivity index (χ2v) is 6.83. The SMILES string of the molecule is CC(C)(C)CC(CC(=O)O)Nc1cccc(Br)c1C#N. The van der Waals surface area contributed by atoms with Gasteiger partial charge in [-0.2, -0.15) is 5.26 Å². The zero-order chi connectivity index (χ0) is 15.3. The van der Waals surface area contributed by atoms with Crippen LogP contribution in [0, 0.1) is 16.7 Å². The highest BCUT2D eigenvalue weighted by atomic mass is 79.9. The van der Waals surface area contributed by atoms with Gasteiger partial charge in [0.2, 0.25) is 0 Å². The molecule has 0 fully saturated rings.